The van der Waals surface area contributed by atoms with Gasteiger partial charge in [-0.25, -0.2) is 4.98 Å². The molecule has 1 heterocycles. The Morgan fingerprint density at radius 2 is 1.81 bits per heavy atom. The van der Waals surface area contributed by atoms with Gasteiger partial charge in [-0.15, -0.1) is 0 Å². The summed E-state index contributed by atoms with van der Waals surface area (Å²) < 4.78 is 2.11. The molecular formula is C17H13N3S. The number of nitriles is 1. The van der Waals surface area contributed by atoms with Crippen LogP contribution in [0.25, 0.3) is 0 Å². The van der Waals surface area contributed by atoms with Gasteiger partial charge in [0.1, 0.15) is 0 Å². The quantitative estimate of drug-likeness (QED) is 0.730. The van der Waals surface area contributed by atoms with Gasteiger partial charge in [-0.1, -0.05) is 42.1 Å². The number of nitrogens with zero attached hydrogens (tertiary/aromatic N) is 3. The van der Waals surface area contributed by atoms with E-state index in [4.69, 9.17) is 5.26 Å². The zero-order chi connectivity index (χ0) is 14.5. The van der Waals surface area contributed by atoms with Gasteiger partial charge < -0.3 is 4.57 Å². The molecule has 0 saturated carbocycles. The fourth-order valence-corrected chi connectivity index (χ4v) is 2.86. The Balaban J connectivity index is 1.77. The number of rotatable bonds is 4. The summed E-state index contributed by atoms with van der Waals surface area (Å²) in [6, 6.07) is 20.0. The largest absolute Gasteiger partial charge is 0.321 e. The van der Waals surface area contributed by atoms with Crippen LogP contribution in [0.4, 0.5) is 0 Å². The molecular weight excluding hydrogens is 278 g/mol. The van der Waals surface area contributed by atoms with Gasteiger partial charge in [0.15, 0.2) is 5.16 Å². The molecule has 0 spiro atoms. The molecule has 0 fully saturated rings. The lowest BCUT2D eigenvalue weighted by Crippen LogP contribution is -2.00. The van der Waals surface area contributed by atoms with Crippen molar-refractivity contribution in [1.82, 2.24) is 9.55 Å². The average Bonchev–Trinajstić information content (AvgIpc) is 2.96. The molecule has 0 radical (unpaired) electrons. The van der Waals surface area contributed by atoms with Crippen LogP contribution in [0.3, 0.4) is 0 Å². The highest BCUT2D eigenvalue weighted by Crippen LogP contribution is 2.26. The Kier molecular flexibility index (Phi) is 4.04. The van der Waals surface area contributed by atoms with Crippen LogP contribution in [0.5, 0.6) is 0 Å². The average molecular weight is 291 g/mol. The van der Waals surface area contributed by atoms with Crippen molar-refractivity contribution in [3.8, 4) is 6.07 Å². The second kappa shape index (κ2) is 6.29. The van der Waals surface area contributed by atoms with Gasteiger partial charge in [0.2, 0.25) is 0 Å². The molecule has 2 aromatic carbocycles. The summed E-state index contributed by atoms with van der Waals surface area (Å²) in [7, 11) is 0. The predicted octanol–water partition coefficient (Wildman–Crippen LogP) is 3.95. The fraction of sp³-hybridized carbons (Fsp3) is 0.0588. The molecule has 4 heteroatoms. The Labute approximate surface area is 127 Å². The number of hydrogen-bond donors (Lipinski definition) is 0. The van der Waals surface area contributed by atoms with Crippen LogP contribution in [0, 0.1) is 11.3 Å². The summed E-state index contributed by atoms with van der Waals surface area (Å²) in [6.07, 6.45) is 3.79. The topological polar surface area (TPSA) is 41.6 Å². The van der Waals surface area contributed by atoms with E-state index in [0.29, 0.717) is 5.56 Å². The molecule has 102 valence electrons. The molecule has 0 bridgehead atoms. The predicted molar refractivity (Wildman–Crippen MR) is 83.1 cm³/mol. The fourth-order valence-electron chi connectivity index (χ4n) is 2.00. The summed E-state index contributed by atoms with van der Waals surface area (Å²) in [5.41, 5.74) is 1.84. The van der Waals surface area contributed by atoms with Gasteiger partial charge in [-0.3, -0.25) is 0 Å². The van der Waals surface area contributed by atoms with Crippen LogP contribution in [-0.4, -0.2) is 9.55 Å². The molecule has 3 aromatic rings. The van der Waals surface area contributed by atoms with Crippen LogP contribution in [0.15, 0.2) is 77.0 Å². The highest BCUT2D eigenvalue weighted by atomic mass is 32.2. The van der Waals surface area contributed by atoms with Crippen LogP contribution < -0.4 is 0 Å². The number of aromatic nitrogens is 2. The summed E-state index contributed by atoms with van der Waals surface area (Å²) in [6.45, 7) is 0.751. The van der Waals surface area contributed by atoms with E-state index in [-0.39, 0.29) is 0 Å². The van der Waals surface area contributed by atoms with Gasteiger partial charge in [0.25, 0.3) is 0 Å². The van der Waals surface area contributed by atoms with Gasteiger partial charge in [0.05, 0.1) is 11.6 Å². The Hall–Kier alpha value is -2.51. The summed E-state index contributed by atoms with van der Waals surface area (Å²) in [5.74, 6) is 0. The first-order valence-corrected chi connectivity index (χ1v) is 7.40. The minimum Gasteiger partial charge on any atom is -0.321 e. The van der Waals surface area contributed by atoms with Gasteiger partial charge in [0, 0.05) is 23.8 Å². The molecule has 0 aliphatic heterocycles. The van der Waals surface area contributed by atoms with E-state index in [1.54, 1.807) is 11.8 Å². The van der Waals surface area contributed by atoms with Gasteiger partial charge in [-0.2, -0.15) is 5.26 Å². The Morgan fingerprint density at radius 1 is 1.05 bits per heavy atom. The standard InChI is InChI=1S/C17H13N3S/c18-12-14-6-8-15(9-7-14)13-20-11-10-19-17(20)21-16-4-2-1-3-5-16/h1-11H,13H2. The first kappa shape index (κ1) is 13.5. The van der Waals surface area contributed by atoms with Gasteiger partial charge in [-0.05, 0) is 29.8 Å². The third-order valence-corrected chi connectivity index (χ3v) is 4.10. The molecule has 1 aromatic heterocycles. The third kappa shape index (κ3) is 3.33. The SMILES string of the molecule is N#Cc1ccc(Cn2ccnc2Sc2ccccc2)cc1. The molecule has 0 unspecified atom stereocenters. The maximum Gasteiger partial charge on any atom is 0.173 e. The van der Waals surface area contributed by atoms with Gasteiger partial charge >= 0.3 is 0 Å². The lowest BCUT2D eigenvalue weighted by atomic mass is 10.1. The normalized spacial score (nSPS) is 10.2. The van der Waals surface area contributed by atoms with Crippen LogP contribution in [-0.2, 0) is 6.54 Å². The molecule has 0 saturated heterocycles. The zero-order valence-electron chi connectivity index (χ0n) is 11.3. The van der Waals surface area contributed by atoms with Crippen LogP contribution in [0.1, 0.15) is 11.1 Å². The second-order valence-corrected chi connectivity index (χ2v) is 5.60. The maximum atomic E-state index is 8.82. The Morgan fingerprint density at radius 3 is 2.52 bits per heavy atom. The van der Waals surface area contributed by atoms with Crippen molar-refractivity contribution in [2.24, 2.45) is 0 Å². The zero-order valence-corrected chi connectivity index (χ0v) is 12.1. The van der Waals surface area contributed by atoms with Crippen LogP contribution >= 0.6 is 11.8 Å². The van der Waals surface area contributed by atoms with Crippen molar-refractivity contribution in [3.63, 3.8) is 0 Å². The van der Waals surface area contributed by atoms with Crippen molar-refractivity contribution in [2.45, 2.75) is 16.6 Å². The summed E-state index contributed by atoms with van der Waals surface area (Å²) >= 11 is 1.65. The monoisotopic (exact) mass is 291 g/mol. The number of hydrogen-bond acceptors (Lipinski definition) is 3. The maximum absolute atomic E-state index is 8.82. The number of imidazole rings is 1. The lowest BCUT2D eigenvalue weighted by Gasteiger charge is -2.07. The van der Waals surface area contributed by atoms with Crippen molar-refractivity contribution in [3.05, 3.63) is 78.1 Å². The first-order chi connectivity index (χ1) is 10.3. The van der Waals surface area contributed by atoms with Crippen LogP contribution in [0.2, 0.25) is 0 Å². The minimum atomic E-state index is 0.684. The summed E-state index contributed by atoms with van der Waals surface area (Å²) in [4.78, 5) is 5.59. The molecule has 21 heavy (non-hydrogen) atoms. The van der Waals surface area contributed by atoms with E-state index in [0.717, 1.165) is 17.3 Å². The molecule has 3 nitrogen and oxygen atoms in total. The van der Waals surface area contributed by atoms with E-state index >= 15 is 0 Å². The smallest absolute Gasteiger partial charge is 0.173 e. The minimum absolute atomic E-state index is 0.684. The first-order valence-electron chi connectivity index (χ1n) is 6.58. The van der Waals surface area contributed by atoms with E-state index in [1.165, 1.54) is 4.90 Å². The molecule has 0 N–H and O–H groups in total. The molecule has 0 amide bonds. The Bertz CT molecular complexity index is 755. The van der Waals surface area contributed by atoms with E-state index in [2.05, 4.69) is 27.8 Å². The van der Waals surface area contributed by atoms with E-state index in [9.17, 15) is 0 Å². The summed E-state index contributed by atoms with van der Waals surface area (Å²) in [5, 5.41) is 9.79. The van der Waals surface area contributed by atoms with Crippen molar-refractivity contribution in [1.29, 1.82) is 5.26 Å². The molecule has 3 rings (SSSR count). The third-order valence-electron chi connectivity index (χ3n) is 3.07. The molecule has 0 aliphatic rings. The number of benzene rings is 2. The highest BCUT2D eigenvalue weighted by Gasteiger charge is 2.05. The lowest BCUT2D eigenvalue weighted by molar-refractivity contribution is 0.708. The molecule has 0 aliphatic carbocycles. The van der Waals surface area contributed by atoms with Crippen molar-refractivity contribution < 1.29 is 0 Å². The highest BCUT2D eigenvalue weighted by molar-refractivity contribution is 7.99. The van der Waals surface area contributed by atoms with Crippen molar-refractivity contribution >= 4 is 11.8 Å². The van der Waals surface area contributed by atoms with E-state index < -0.39 is 0 Å². The van der Waals surface area contributed by atoms with Crippen molar-refractivity contribution in [2.75, 3.05) is 0 Å². The second-order valence-electron chi connectivity index (χ2n) is 4.56. The molecule has 0 atom stereocenters. The van der Waals surface area contributed by atoms with E-state index in [1.807, 2.05) is 54.9 Å².